The van der Waals surface area contributed by atoms with E-state index in [1.807, 2.05) is 6.07 Å². The number of benzene rings is 1. The van der Waals surface area contributed by atoms with Gasteiger partial charge in [0.2, 0.25) is 11.8 Å². The molecule has 2 fully saturated rings. The predicted molar refractivity (Wildman–Crippen MR) is 79.5 cm³/mol. The lowest BCUT2D eigenvalue weighted by atomic mass is 9.92. The number of hydrogen-bond donors (Lipinski definition) is 3. The lowest BCUT2D eigenvalue weighted by Crippen LogP contribution is -2.33. The quantitative estimate of drug-likeness (QED) is 0.765. The minimum atomic E-state index is -0.445. The minimum absolute atomic E-state index is 0.140. The van der Waals surface area contributed by atoms with Gasteiger partial charge < -0.3 is 16.4 Å². The van der Waals surface area contributed by atoms with E-state index in [9.17, 15) is 9.59 Å². The van der Waals surface area contributed by atoms with Crippen LogP contribution in [-0.2, 0) is 11.3 Å². The van der Waals surface area contributed by atoms with Gasteiger partial charge in [-0.25, -0.2) is 0 Å². The lowest BCUT2D eigenvalue weighted by Gasteiger charge is -2.23. The zero-order valence-corrected chi connectivity index (χ0v) is 12.0. The second-order valence-electron chi connectivity index (χ2n) is 6.15. The summed E-state index contributed by atoms with van der Waals surface area (Å²) in [5, 5.41) is 6.33. The smallest absolute Gasteiger partial charge is 0.248 e. The van der Waals surface area contributed by atoms with Crippen molar-refractivity contribution < 1.29 is 9.59 Å². The molecule has 1 heterocycles. The van der Waals surface area contributed by atoms with Gasteiger partial charge in [0.1, 0.15) is 0 Å². The third kappa shape index (κ3) is 2.93. The van der Waals surface area contributed by atoms with E-state index in [2.05, 4.69) is 10.6 Å². The first-order valence-corrected chi connectivity index (χ1v) is 7.48. The summed E-state index contributed by atoms with van der Waals surface area (Å²) in [6, 6.07) is 7.08. The molecule has 1 aliphatic carbocycles. The second kappa shape index (κ2) is 5.48. The summed E-state index contributed by atoms with van der Waals surface area (Å²) in [5.41, 5.74) is 6.89. The van der Waals surface area contributed by atoms with E-state index in [4.69, 9.17) is 5.73 Å². The molecular formula is C16H21N3O2. The highest BCUT2D eigenvalue weighted by molar-refractivity contribution is 5.92. The van der Waals surface area contributed by atoms with Gasteiger partial charge in [0.05, 0.1) is 0 Å². The summed E-state index contributed by atoms with van der Waals surface area (Å²) in [6.45, 7) is 2.49. The Bertz CT molecular complexity index is 564. The summed E-state index contributed by atoms with van der Waals surface area (Å²) in [7, 11) is 0. The molecule has 1 aromatic carbocycles. The summed E-state index contributed by atoms with van der Waals surface area (Å²) in [4.78, 5) is 23.4. The Morgan fingerprint density at radius 1 is 1.33 bits per heavy atom. The number of carbonyl (C=O) groups is 2. The molecule has 5 nitrogen and oxygen atoms in total. The van der Waals surface area contributed by atoms with Crippen molar-refractivity contribution in [2.45, 2.75) is 25.8 Å². The van der Waals surface area contributed by atoms with Gasteiger partial charge in [-0.15, -0.1) is 0 Å². The van der Waals surface area contributed by atoms with E-state index >= 15 is 0 Å². The highest BCUT2D eigenvalue weighted by Gasteiger charge is 2.57. The van der Waals surface area contributed by atoms with Crippen molar-refractivity contribution in [3.63, 3.8) is 0 Å². The Labute approximate surface area is 124 Å². The zero-order valence-electron chi connectivity index (χ0n) is 12.0. The molecule has 0 bridgehead atoms. The average Bonchev–Trinajstić information content (AvgIpc) is 3.19. The number of nitrogens with one attached hydrogen (secondary N) is 2. The molecule has 1 aromatic rings. The summed E-state index contributed by atoms with van der Waals surface area (Å²) >= 11 is 0. The molecule has 2 aliphatic rings. The van der Waals surface area contributed by atoms with E-state index in [-0.39, 0.29) is 17.2 Å². The van der Waals surface area contributed by atoms with Crippen molar-refractivity contribution in [2.75, 3.05) is 13.1 Å². The molecule has 5 heteroatoms. The van der Waals surface area contributed by atoms with Crippen LogP contribution in [0.1, 0.15) is 35.2 Å². The largest absolute Gasteiger partial charge is 0.366 e. The van der Waals surface area contributed by atoms with E-state index in [1.54, 1.807) is 18.2 Å². The second-order valence-corrected chi connectivity index (χ2v) is 6.15. The minimum Gasteiger partial charge on any atom is -0.366 e. The standard InChI is InChI=1S/C16H21N3O2/c17-14(20)12-3-1-2-11(8-12)10-19-15(21)13-9-16(13)4-6-18-7-5-16/h1-3,8,13,18H,4-7,9-10H2,(H2,17,20)(H,19,21). The van der Waals surface area contributed by atoms with Gasteiger partial charge in [-0.3, -0.25) is 9.59 Å². The van der Waals surface area contributed by atoms with Crippen LogP contribution in [0.3, 0.4) is 0 Å². The van der Waals surface area contributed by atoms with Crippen molar-refractivity contribution in [1.29, 1.82) is 0 Å². The van der Waals surface area contributed by atoms with Crippen molar-refractivity contribution >= 4 is 11.8 Å². The fourth-order valence-electron chi connectivity index (χ4n) is 3.34. The van der Waals surface area contributed by atoms with Gasteiger partial charge in [-0.2, -0.15) is 0 Å². The van der Waals surface area contributed by atoms with E-state index in [1.165, 1.54) is 0 Å². The van der Waals surface area contributed by atoms with Gasteiger partial charge in [-0.05, 0) is 55.5 Å². The van der Waals surface area contributed by atoms with Crippen LogP contribution >= 0.6 is 0 Å². The monoisotopic (exact) mass is 287 g/mol. The van der Waals surface area contributed by atoms with Gasteiger partial charge >= 0.3 is 0 Å². The van der Waals surface area contributed by atoms with Crippen LogP contribution in [0.2, 0.25) is 0 Å². The molecule has 1 spiro atoms. The highest BCUT2D eigenvalue weighted by Crippen LogP contribution is 2.58. The Morgan fingerprint density at radius 3 is 2.81 bits per heavy atom. The molecular weight excluding hydrogens is 266 g/mol. The summed E-state index contributed by atoms with van der Waals surface area (Å²) in [5.74, 6) is -0.140. The average molecular weight is 287 g/mol. The molecule has 1 saturated carbocycles. The van der Waals surface area contributed by atoms with E-state index in [0.29, 0.717) is 12.1 Å². The Hall–Kier alpha value is -1.88. The third-order valence-electron chi connectivity index (χ3n) is 4.78. The van der Waals surface area contributed by atoms with Crippen LogP contribution in [0.25, 0.3) is 0 Å². The lowest BCUT2D eigenvalue weighted by molar-refractivity contribution is -0.123. The molecule has 1 aliphatic heterocycles. The number of nitrogens with two attached hydrogens (primary N) is 1. The highest BCUT2D eigenvalue weighted by atomic mass is 16.2. The molecule has 21 heavy (non-hydrogen) atoms. The normalized spacial score (nSPS) is 22.8. The molecule has 1 saturated heterocycles. The van der Waals surface area contributed by atoms with Gasteiger partial charge in [0.15, 0.2) is 0 Å². The molecule has 0 aromatic heterocycles. The predicted octanol–water partition coefficient (Wildman–Crippen LogP) is 0.791. The van der Waals surface area contributed by atoms with Crippen LogP contribution in [0.5, 0.6) is 0 Å². The van der Waals surface area contributed by atoms with E-state index in [0.717, 1.165) is 37.9 Å². The molecule has 4 N–H and O–H groups in total. The molecule has 0 radical (unpaired) electrons. The fourth-order valence-corrected chi connectivity index (χ4v) is 3.34. The summed E-state index contributed by atoms with van der Waals surface area (Å²) in [6.07, 6.45) is 3.21. The third-order valence-corrected chi connectivity index (χ3v) is 4.78. The maximum atomic E-state index is 12.2. The van der Waals surface area contributed by atoms with Crippen LogP contribution in [-0.4, -0.2) is 24.9 Å². The fraction of sp³-hybridized carbons (Fsp3) is 0.500. The number of rotatable bonds is 4. The maximum Gasteiger partial charge on any atom is 0.248 e. The van der Waals surface area contributed by atoms with Gasteiger partial charge in [-0.1, -0.05) is 12.1 Å². The molecule has 1 unspecified atom stereocenters. The van der Waals surface area contributed by atoms with Crippen LogP contribution in [0.4, 0.5) is 0 Å². The zero-order chi connectivity index (χ0) is 14.9. The van der Waals surface area contributed by atoms with Crippen molar-refractivity contribution in [2.24, 2.45) is 17.1 Å². The Morgan fingerprint density at radius 2 is 2.10 bits per heavy atom. The number of primary amides is 1. The first kappa shape index (κ1) is 14.1. The number of amides is 2. The van der Waals surface area contributed by atoms with Crippen LogP contribution in [0, 0.1) is 11.3 Å². The van der Waals surface area contributed by atoms with E-state index < -0.39 is 5.91 Å². The number of hydrogen-bond acceptors (Lipinski definition) is 3. The summed E-state index contributed by atoms with van der Waals surface area (Å²) < 4.78 is 0. The Kier molecular flexibility index (Phi) is 3.68. The van der Waals surface area contributed by atoms with Crippen molar-refractivity contribution in [1.82, 2.24) is 10.6 Å². The van der Waals surface area contributed by atoms with Gasteiger partial charge in [0.25, 0.3) is 0 Å². The SMILES string of the molecule is NC(=O)c1cccc(CNC(=O)C2CC23CCNCC3)c1. The molecule has 1 atom stereocenters. The number of piperidine rings is 1. The topological polar surface area (TPSA) is 84.2 Å². The molecule has 2 amide bonds. The van der Waals surface area contributed by atoms with Crippen LogP contribution < -0.4 is 16.4 Å². The first-order valence-electron chi connectivity index (χ1n) is 7.48. The first-order chi connectivity index (χ1) is 10.1. The van der Waals surface area contributed by atoms with Crippen LogP contribution in [0.15, 0.2) is 24.3 Å². The maximum absolute atomic E-state index is 12.2. The number of carbonyl (C=O) groups excluding carboxylic acids is 2. The van der Waals surface area contributed by atoms with Gasteiger partial charge in [0, 0.05) is 18.0 Å². The molecule has 3 rings (SSSR count). The van der Waals surface area contributed by atoms with Crippen molar-refractivity contribution in [3.05, 3.63) is 35.4 Å². The van der Waals surface area contributed by atoms with Crippen molar-refractivity contribution in [3.8, 4) is 0 Å². The molecule has 112 valence electrons. The Balaban J connectivity index is 1.55.